The third kappa shape index (κ3) is 8.70. The summed E-state index contributed by atoms with van der Waals surface area (Å²) in [5.41, 5.74) is 5.16. The van der Waals surface area contributed by atoms with Crippen molar-refractivity contribution in [3.63, 3.8) is 0 Å². The molecular formula is C19H20ClN3O4S2. The second-order valence-electron chi connectivity index (χ2n) is 5.88. The Morgan fingerprint density at radius 1 is 1.07 bits per heavy atom. The highest BCUT2D eigenvalue weighted by atomic mass is 35.5. The number of hydrogen-bond donors (Lipinski definition) is 3. The lowest BCUT2D eigenvalue weighted by molar-refractivity contribution is -0.128. The van der Waals surface area contributed by atoms with E-state index in [9.17, 15) is 18.0 Å². The van der Waals surface area contributed by atoms with E-state index in [0.717, 1.165) is 10.3 Å². The van der Waals surface area contributed by atoms with E-state index < -0.39 is 27.9 Å². The number of sulfonamides is 1. The molecule has 154 valence electrons. The van der Waals surface area contributed by atoms with Crippen LogP contribution in [-0.4, -0.2) is 32.0 Å². The Balaban J connectivity index is 1.76. The van der Waals surface area contributed by atoms with E-state index >= 15 is 0 Å². The molecule has 0 aromatic heterocycles. The maximum atomic E-state index is 12.1. The third-order valence-corrected chi connectivity index (χ3v) is 5.92. The molecule has 2 aromatic rings. The highest BCUT2D eigenvalue weighted by Gasteiger charge is 2.18. The van der Waals surface area contributed by atoms with Crippen LogP contribution in [-0.2, 0) is 19.6 Å². The Morgan fingerprint density at radius 2 is 1.72 bits per heavy atom. The number of amides is 2. The zero-order chi connectivity index (χ0) is 21.3. The van der Waals surface area contributed by atoms with Crippen LogP contribution in [0, 0.1) is 0 Å². The fourth-order valence-corrected chi connectivity index (χ4v) is 3.87. The average Bonchev–Trinajstić information content (AvgIpc) is 2.70. The summed E-state index contributed by atoms with van der Waals surface area (Å²) in [5, 5.41) is 1.58. The van der Waals surface area contributed by atoms with Crippen LogP contribution in [0.15, 0.2) is 64.9 Å². The first kappa shape index (κ1) is 23.0. The van der Waals surface area contributed by atoms with Gasteiger partial charge in [0.25, 0.3) is 5.91 Å². The van der Waals surface area contributed by atoms with Gasteiger partial charge in [0.05, 0.1) is 11.8 Å². The summed E-state index contributed by atoms with van der Waals surface area (Å²) >= 11 is 7.07. The first-order chi connectivity index (χ1) is 13.7. The number of benzene rings is 2. The first-order valence-corrected chi connectivity index (χ1v) is 11.4. The second kappa shape index (κ2) is 11.0. The Morgan fingerprint density at radius 3 is 2.38 bits per heavy atom. The molecule has 2 aromatic carbocycles. The van der Waals surface area contributed by atoms with Crippen molar-refractivity contribution in [1.29, 1.82) is 0 Å². The van der Waals surface area contributed by atoms with Crippen LogP contribution in [0.1, 0.15) is 12.5 Å². The number of carbonyl (C=O) groups excluding carboxylic acids is 2. The Hall–Kier alpha value is -2.33. The molecule has 0 saturated heterocycles. The van der Waals surface area contributed by atoms with Crippen molar-refractivity contribution in [2.75, 3.05) is 5.75 Å². The van der Waals surface area contributed by atoms with Crippen molar-refractivity contribution in [2.24, 2.45) is 0 Å². The van der Waals surface area contributed by atoms with E-state index in [4.69, 9.17) is 11.6 Å². The third-order valence-electron chi connectivity index (χ3n) is 3.48. The minimum Gasteiger partial charge on any atom is -0.272 e. The summed E-state index contributed by atoms with van der Waals surface area (Å²) in [6, 6.07) is 14.8. The minimum atomic E-state index is -3.83. The number of rotatable bonds is 8. The fraction of sp³-hybridized carbons (Fsp3) is 0.158. The zero-order valence-electron chi connectivity index (χ0n) is 15.5. The molecule has 0 aliphatic heterocycles. The molecule has 7 nitrogen and oxygen atoms in total. The van der Waals surface area contributed by atoms with Gasteiger partial charge in [0.2, 0.25) is 15.9 Å². The van der Waals surface area contributed by atoms with Gasteiger partial charge in [0.1, 0.15) is 0 Å². The number of hydrogen-bond acceptors (Lipinski definition) is 5. The van der Waals surface area contributed by atoms with Gasteiger partial charge in [-0.15, -0.1) is 11.8 Å². The molecule has 0 fully saturated rings. The van der Waals surface area contributed by atoms with E-state index in [1.807, 2.05) is 6.07 Å². The van der Waals surface area contributed by atoms with E-state index in [0.29, 0.717) is 10.6 Å². The molecule has 0 aliphatic carbocycles. The summed E-state index contributed by atoms with van der Waals surface area (Å²) in [7, 11) is -3.83. The molecule has 0 heterocycles. The van der Waals surface area contributed by atoms with Crippen LogP contribution in [0.2, 0.25) is 5.02 Å². The number of thioether (sulfide) groups is 1. The van der Waals surface area contributed by atoms with Crippen molar-refractivity contribution >= 4 is 51.3 Å². The summed E-state index contributed by atoms with van der Waals surface area (Å²) in [6.07, 6.45) is 1.42. The molecule has 10 heteroatoms. The Bertz CT molecular complexity index is 965. The van der Waals surface area contributed by atoms with Gasteiger partial charge in [-0.05, 0) is 42.8 Å². The maximum Gasteiger partial charge on any atom is 0.256 e. The van der Waals surface area contributed by atoms with E-state index in [-0.39, 0.29) is 5.75 Å². The molecule has 2 amide bonds. The predicted octanol–water partition coefficient (Wildman–Crippen LogP) is 2.56. The highest BCUT2D eigenvalue weighted by Crippen LogP contribution is 2.19. The summed E-state index contributed by atoms with van der Waals surface area (Å²) in [6.45, 7) is 1.37. The molecule has 0 radical (unpaired) electrons. The molecule has 2 rings (SSSR count). The minimum absolute atomic E-state index is 0.0713. The van der Waals surface area contributed by atoms with Crippen molar-refractivity contribution in [2.45, 2.75) is 17.9 Å². The summed E-state index contributed by atoms with van der Waals surface area (Å²) < 4.78 is 26.3. The first-order valence-electron chi connectivity index (χ1n) is 8.48. The lowest BCUT2D eigenvalue weighted by atomic mass is 10.2. The van der Waals surface area contributed by atoms with E-state index in [1.54, 1.807) is 48.5 Å². The molecule has 3 N–H and O–H groups in total. The van der Waals surface area contributed by atoms with Gasteiger partial charge in [-0.3, -0.25) is 20.4 Å². The summed E-state index contributed by atoms with van der Waals surface area (Å²) in [4.78, 5) is 24.7. The van der Waals surface area contributed by atoms with Crippen molar-refractivity contribution < 1.29 is 18.0 Å². The quantitative estimate of drug-likeness (QED) is 0.421. The normalized spacial score (nSPS) is 12.5. The second-order valence-corrected chi connectivity index (χ2v) is 8.96. The van der Waals surface area contributed by atoms with Crippen molar-refractivity contribution in [1.82, 2.24) is 15.6 Å². The molecule has 1 unspecified atom stereocenters. The maximum absolute atomic E-state index is 12.1. The lowest BCUT2D eigenvalue weighted by Gasteiger charge is -2.13. The molecule has 0 aliphatic rings. The standard InChI is InChI=1S/C19H20ClN3O4S2/c1-14(23-29(26,27)12-11-15-5-3-2-4-6-15)19(25)22-21-18(24)13-28-17-9-7-16(20)8-10-17/h2-12,14,23H,13H2,1H3,(H,21,24)(H,22,25). The van der Waals surface area contributed by atoms with Crippen LogP contribution in [0.4, 0.5) is 0 Å². The zero-order valence-corrected chi connectivity index (χ0v) is 17.9. The van der Waals surface area contributed by atoms with Gasteiger partial charge < -0.3 is 0 Å². The number of carbonyl (C=O) groups is 2. The Labute approximate surface area is 178 Å². The van der Waals surface area contributed by atoms with Gasteiger partial charge in [-0.2, -0.15) is 4.72 Å². The smallest absolute Gasteiger partial charge is 0.256 e. The van der Waals surface area contributed by atoms with E-state index in [1.165, 1.54) is 24.8 Å². The van der Waals surface area contributed by atoms with Crippen molar-refractivity contribution in [3.05, 3.63) is 70.6 Å². The average molecular weight is 454 g/mol. The van der Waals surface area contributed by atoms with Crippen LogP contribution in [0.3, 0.4) is 0 Å². The Kier molecular flexibility index (Phi) is 8.71. The highest BCUT2D eigenvalue weighted by molar-refractivity contribution is 8.00. The largest absolute Gasteiger partial charge is 0.272 e. The SMILES string of the molecule is CC(NS(=O)(=O)C=Cc1ccccc1)C(=O)NNC(=O)CSc1ccc(Cl)cc1. The van der Waals surface area contributed by atoms with Crippen LogP contribution in [0.25, 0.3) is 6.08 Å². The van der Waals surface area contributed by atoms with Crippen molar-refractivity contribution in [3.8, 4) is 0 Å². The van der Waals surface area contributed by atoms with Crippen LogP contribution in [0.5, 0.6) is 0 Å². The van der Waals surface area contributed by atoms with Gasteiger partial charge in [-0.1, -0.05) is 41.9 Å². The van der Waals surface area contributed by atoms with E-state index in [2.05, 4.69) is 15.6 Å². The summed E-state index contributed by atoms with van der Waals surface area (Å²) in [5.74, 6) is -1.05. The molecule has 1 atom stereocenters. The molecule has 0 saturated carbocycles. The van der Waals surface area contributed by atoms with Crippen LogP contribution < -0.4 is 15.6 Å². The number of nitrogens with one attached hydrogen (secondary N) is 3. The molecule has 0 bridgehead atoms. The fourth-order valence-electron chi connectivity index (χ4n) is 2.03. The van der Waals surface area contributed by atoms with Gasteiger partial charge in [-0.25, -0.2) is 8.42 Å². The number of halogens is 1. The van der Waals surface area contributed by atoms with Crippen LogP contribution >= 0.6 is 23.4 Å². The molecule has 0 spiro atoms. The van der Waals surface area contributed by atoms with Gasteiger partial charge in [0, 0.05) is 15.3 Å². The predicted molar refractivity (Wildman–Crippen MR) is 115 cm³/mol. The number of hydrazine groups is 1. The monoisotopic (exact) mass is 453 g/mol. The van der Waals surface area contributed by atoms with Gasteiger partial charge >= 0.3 is 0 Å². The molecular weight excluding hydrogens is 434 g/mol. The van der Waals surface area contributed by atoms with Gasteiger partial charge in [0.15, 0.2) is 0 Å². The molecule has 29 heavy (non-hydrogen) atoms. The lowest BCUT2D eigenvalue weighted by Crippen LogP contribution is -2.51. The topological polar surface area (TPSA) is 104 Å².